The fourth-order valence-corrected chi connectivity index (χ4v) is 1.43. The van der Waals surface area contributed by atoms with E-state index in [9.17, 15) is 4.79 Å². The number of likely N-dealkylation sites (N-methyl/N-ethyl adjacent to an activating group) is 1. The summed E-state index contributed by atoms with van der Waals surface area (Å²) in [5.74, 6) is -0.137. The van der Waals surface area contributed by atoms with Crippen LogP contribution in [0.5, 0.6) is 0 Å². The van der Waals surface area contributed by atoms with Gasteiger partial charge in [-0.1, -0.05) is 20.8 Å². The molecule has 0 unspecified atom stereocenters. The summed E-state index contributed by atoms with van der Waals surface area (Å²) in [5.41, 5.74) is 5.04. The first-order chi connectivity index (χ1) is 6.74. The standard InChI is InChI=1S/C11H19N3O/c1-10(2,3)8(13)9(15)14(4)11(7-12)5-6-11/h8H,5-6,13H2,1-4H3/t8-/m1/s1. The second-order valence-corrected chi connectivity index (χ2v) is 5.38. The molecule has 0 aliphatic heterocycles. The maximum Gasteiger partial charge on any atom is 0.241 e. The maximum absolute atomic E-state index is 12.0. The van der Waals surface area contributed by atoms with E-state index >= 15 is 0 Å². The zero-order valence-electron chi connectivity index (χ0n) is 9.87. The number of carbonyl (C=O) groups excluding carboxylic acids is 1. The van der Waals surface area contributed by atoms with Gasteiger partial charge < -0.3 is 10.6 Å². The summed E-state index contributed by atoms with van der Waals surface area (Å²) in [5, 5.41) is 8.98. The molecule has 0 heterocycles. The van der Waals surface area contributed by atoms with Crippen LogP contribution in [0.25, 0.3) is 0 Å². The molecule has 1 saturated carbocycles. The van der Waals surface area contributed by atoms with Crippen LogP contribution >= 0.6 is 0 Å². The van der Waals surface area contributed by atoms with Crippen LogP contribution in [0.2, 0.25) is 0 Å². The number of nitrogens with zero attached hydrogens (tertiary/aromatic N) is 2. The second-order valence-electron chi connectivity index (χ2n) is 5.38. The highest BCUT2D eigenvalue weighted by atomic mass is 16.2. The number of nitrogens with two attached hydrogens (primary N) is 1. The van der Waals surface area contributed by atoms with Crippen molar-refractivity contribution in [2.75, 3.05) is 7.05 Å². The molecule has 0 bridgehead atoms. The molecule has 4 nitrogen and oxygen atoms in total. The van der Waals surface area contributed by atoms with E-state index in [1.54, 1.807) is 7.05 Å². The van der Waals surface area contributed by atoms with Gasteiger partial charge in [-0.2, -0.15) is 5.26 Å². The highest BCUT2D eigenvalue weighted by Gasteiger charge is 2.50. The van der Waals surface area contributed by atoms with Crippen LogP contribution in [0.15, 0.2) is 0 Å². The Labute approximate surface area is 91.0 Å². The van der Waals surface area contributed by atoms with Gasteiger partial charge in [0.2, 0.25) is 5.91 Å². The lowest BCUT2D eigenvalue weighted by Gasteiger charge is -2.32. The third-order valence-electron chi connectivity index (χ3n) is 3.10. The lowest BCUT2D eigenvalue weighted by molar-refractivity contribution is -0.135. The number of amides is 1. The Kier molecular flexibility index (Phi) is 2.79. The first kappa shape index (κ1) is 12.0. The molecule has 0 aromatic heterocycles. The fraction of sp³-hybridized carbons (Fsp3) is 0.818. The first-order valence-corrected chi connectivity index (χ1v) is 5.19. The average Bonchev–Trinajstić information content (AvgIpc) is 2.93. The summed E-state index contributed by atoms with van der Waals surface area (Å²) in [6.45, 7) is 5.78. The molecular weight excluding hydrogens is 190 g/mol. The molecular formula is C11H19N3O. The molecule has 1 aliphatic carbocycles. The highest BCUT2D eigenvalue weighted by Crippen LogP contribution is 2.40. The van der Waals surface area contributed by atoms with Gasteiger partial charge in [0.15, 0.2) is 0 Å². The summed E-state index contributed by atoms with van der Waals surface area (Å²) in [4.78, 5) is 13.5. The molecule has 1 atom stereocenters. The normalized spacial score (nSPS) is 20.3. The molecule has 4 heteroatoms. The minimum absolute atomic E-state index is 0.137. The first-order valence-electron chi connectivity index (χ1n) is 5.19. The molecule has 0 aromatic rings. The van der Waals surface area contributed by atoms with Crippen molar-refractivity contribution in [1.29, 1.82) is 5.26 Å². The van der Waals surface area contributed by atoms with Crippen molar-refractivity contribution in [3.63, 3.8) is 0 Å². The summed E-state index contributed by atoms with van der Waals surface area (Å²) < 4.78 is 0. The summed E-state index contributed by atoms with van der Waals surface area (Å²) in [6.07, 6.45) is 1.53. The minimum Gasteiger partial charge on any atom is -0.326 e. The molecule has 15 heavy (non-hydrogen) atoms. The van der Waals surface area contributed by atoms with Crippen LogP contribution < -0.4 is 5.73 Å². The number of nitriles is 1. The zero-order chi connectivity index (χ0) is 11.9. The van der Waals surface area contributed by atoms with Gasteiger partial charge in [0, 0.05) is 7.05 Å². The van der Waals surface area contributed by atoms with Gasteiger partial charge in [0.05, 0.1) is 12.1 Å². The number of hydrogen-bond acceptors (Lipinski definition) is 3. The highest BCUT2D eigenvalue weighted by molar-refractivity contribution is 5.83. The van der Waals surface area contributed by atoms with E-state index in [1.165, 1.54) is 4.90 Å². The molecule has 2 N–H and O–H groups in total. The molecule has 1 rings (SSSR count). The van der Waals surface area contributed by atoms with Crippen molar-refractivity contribution in [2.45, 2.75) is 45.2 Å². The van der Waals surface area contributed by atoms with Crippen LogP contribution in [0.4, 0.5) is 0 Å². The third kappa shape index (κ3) is 2.13. The summed E-state index contributed by atoms with van der Waals surface area (Å²) in [7, 11) is 1.67. The number of rotatable bonds is 2. The molecule has 1 amide bonds. The number of carbonyl (C=O) groups is 1. The van der Waals surface area contributed by atoms with Crippen LogP contribution in [-0.2, 0) is 4.79 Å². The zero-order valence-corrected chi connectivity index (χ0v) is 9.87. The van der Waals surface area contributed by atoms with Crippen molar-refractivity contribution < 1.29 is 4.79 Å². The van der Waals surface area contributed by atoms with E-state index in [0.29, 0.717) is 0 Å². The van der Waals surface area contributed by atoms with Crippen molar-refractivity contribution in [3.05, 3.63) is 0 Å². The third-order valence-corrected chi connectivity index (χ3v) is 3.10. The summed E-state index contributed by atoms with van der Waals surface area (Å²) >= 11 is 0. The average molecular weight is 209 g/mol. The largest absolute Gasteiger partial charge is 0.326 e. The predicted molar refractivity (Wildman–Crippen MR) is 57.8 cm³/mol. The van der Waals surface area contributed by atoms with Crippen LogP contribution in [0, 0.1) is 16.7 Å². The molecule has 0 aromatic carbocycles. The van der Waals surface area contributed by atoms with Gasteiger partial charge in [-0.05, 0) is 18.3 Å². The Balaban J connectivity index is 2.75. The molecule has 0 saturated heterocycles. The SMILES string of the molecule is CN(C(=O)[C@@H](N)C(C)(C)C)C1(C#N)CC1. The molecule has 0 spiro atoms. The molecule has 1 fully saturated rings. The van der Waals surface area contributed by atoms with E-state index in [2.05, 4.69) is 6.07 Å². The van der Waals surface area contributed by atoms with Crippen LogP contribution in [-0.4, -0.2) is 29.4 Å². The van der Waals surface area contributed by atoms with E-state index < -0.39 is 11.6 Å². The van der Waals surface area contributed by atoms with E-state index in [-0.39, 0.29) is 11.3 Å². The smallest absolute Gasteiger partial charge is 0.241 e. The van der Waals surface area contributed by atoms with Gasteiger partial charge in [0.1, 0.15) is 5.54 Å². The van der Waals surface area contributed by atoms with Gasteiger partial charge in [-0.25, -0.2) is 0 Å². The van der Waals surface area contributed by atoms with Crippen LogP contribution in [0.3, 0.4) is 0 Å². The Morgan fingerprint density at radius 1 is 1.53 bits per heavy atom. The minimum atomic E-state index is -0.569. The van der Waals surface area contributed by atoms with Crippen LogP contribution in [0.1, 0.15) is 33.6 Å². The van der Waals surface area contributed by atoms with E-state index in [1.807, 2.05) is 20.8 Å². The molecule has 84 valence electrons. The molecule has 0 radical (unpaired) electrons. The van der Waals surface area contributed by atoms with Gasteiger partial charge in [-0.3, -0.25) is 4.79 Å². The number of hydrogen-bond donors (Lipinski definition) is 1. The Bertz CT molecular complexity index is 307. The predicted octanol–water partition coefficient (Wildman–Crippen LogP) is 0.874. The van der Waals surface area contributed by atoms with E-state index in [4.69, 9.17) is 11.0 Å². The topological polar surface area (TPSA) is 70.1 Å². The maximum atomic E-state index is 12.0. The Morgan fingerprint density at radius 3 is 2.27 bits per heavy atom. The van der Waals surface area contributed by atoms with Crippen molar-refractivity contribution >= 4 is 5.91 Å². The van der Waals surface area contributed by atoms with Crippen molar-refractivity contribution in [3.8, 4) is 6.07 Å². The summed E-state index contributed by atoms with van der Waals surface area (Å²) in [6, 6.07) is 1.64. The van der Waals surface area contributed by atoms with E-state index in [0.717, 1.165) is 12.8 Å². The quantitative estimate of drug-likeness (QED) is 0.733. The van der Waals surface area contributed by atoms with Crippen molar-refractivity contribution in [1.82, 2.24) is 4.90 Å². The Morgan fingerprint density at radius 2 is 2.00 bits per heavy atom. The monoisotopic (exact) mass is 209 g/mol. The lowest BCUT2D eigenvalue weighted by Crippen LogP contribution is -2.52. The van der Waals surface area contributed by atoms with Gasteiger partial charge in [0.25, 0.3) is 0 Å². The van der Waals surface area contributed by atoms with Gasteiger partial charge in [-0.15, -0.1) is 0 Å². The lowest BCUT2D eigenvalue weighted by atomic mass is 9.86. The van der Waals surface area contributed by atoms with Crippen molar-refractivity contribution in [2.24, 2.45) is 11.1 Å². The van der Waals surface area contributed by atoms with Gasteiger partial charge >= 0.3 is 0 Å². The second kappa shape index (κ2) is 3.49. The Hall–Kier alpha value is -1.08. The fourth-order valence-electron chi connectivity index (χ4n) is 1.43. The molecule has 1 aliphatic rings.